The fourth-order valence-electron chi connectivity index (χ4n) is 1.47. The Kier molecular flexibility index (Phi) is 6.90. The van der Waals surface area contributed by atoms with E-state index in [1.54, 1.807) is 26.4 Å². The minimum atomic E-state index is -3.50. The van der Waals surface area contributed by atoms with Crippen LogP contribution in [0.4, 0.5) is 0 Å². The molecule has 0 aliphatic rings. The van der Waals surface area contributed by atoms with Crippen LogP contribution in [0.5, 0.6) is 0 Å². The molecule has 1 rings (SSSR count). The minimum Gasteiger partial charge on any atom is -0.383 e. The molecule has 0 amide bonds. The van der Waals surface area contributed by atoms with Gasteiger partial charge in [-0.25, -0.2) is 8.42 Å². The molecule has 2 N–H and O–H groups in total. The molecule has 1 heterocycles. The fourth-order valence-corrected chi connectivity index (χ4v) is 4.27. The summed E-state index contributed by atoms with van der Waals surface area (Å²) in [6.45, 7) is 1.64. The molecule has 6 nitrogen and oxygen atoms in total. The van der Waals surface area contributed by atoms with Crippen LogP contribution in [0.25, 0.3) is 0 Å². The monoisotopic (exact) mass is 308 g/mol. The highest BCUT2D eigenvalue weighted by Gasteiger charge is 2.25. The van der Waals surface area contributed by atoms with E-state index in [1.807, 2.05) is 0 Å². The summed E-state index contributed by atoms with van der Waals surface area (Å²) in [6.07, 6.45) is 0. The molecule has 0 aliphatic heterocycles. The van der Waals surface area contributed by atoms with E-state index in [4.69, 9.17) is 15.2 Å². The third kappa shape index (κ3) is 4.51. The number of sulfonamides is 1. The van der Waals surface area contributed by atoms with Gasteiger partial charge in [-0.2, -0.15) is 4.31 Å². The molecule has 0 fully saturated rings. The van der Waals surface area contributed by atoms with Crippen LogP contribution < -0.4 is 5.73 Å². The van der Waals surface area contributed by atoms with Gasteiger partial charge in [-0.05, 0) is 12.1 Å². The molecule has 0 saturated heterocycles. The van der Waals surface area contributed by atoms with E-state index in [9.17, 15) is 8.42 Å². The Balaban J connectivity index is 2.90. The smallest absolute Gasteiger partial charge is 0.252 e. The van der Waals surface area contributed by atoms with Crippen molar-refractivity contribution in [3.63, 3.8) is 0 Å². The molecule has 0 atom stereocenters. The number of hydrogen-bond donors (Lipinski definition) is 1. The number of nitrogens with two attached hydrogens (primary N) is 1. The van der Waals surface area contributed by atoms with Crippen molar-refractivity contribution >= 4 is 21.4 Å². The molecule has 1 aromatic rings. The Bertz CT molecular complexity index is 465. The van der Waals surface area contributed by atoms with Gasteiger partial charge in [0.15, 0.2) is 0 Å². The average molecular weight is 308 g/mol. The van der Waals surface area contributed by atoms with Crippen LogP contribution in [0, 0.1) is 0 Å². The lowest BCUT2D eigenvalue weighted by atomic mass is 10.5. The van der Waals surface area contributed by atoms with Crippen LogP contribution >= 0.6 is 11.3 Å². The molecule has 8 heteroatoms. The van der Waals surface area contributed by atoms with E-state index in [0.717, 1.165) is 4.88 Å². The normalized spacial score (nSPS) is 12.2. The second kappa shape index (κ2) is 7.93. The van der Waals surface area contributed by atoms with Crippen molar-refractivity contribution in [1.82, 2.24) is 4.31 Å². The summed E-state index contributed by atoms with van der Waals surface area (Å²) in [7, 11) is -0.418. The molecule has 0 radical (unpaired) electrons. The zero-order valence-corrected chi connectivity index (χ0v) is 12.8. The number of thiophene rings is 1. The Morgan fingerprint density at radius 1 is 1.21 bits per heavy atom. The van der Waals surface area contributed by atoms with Gasteiger partial charge in [0.05, 0.1) is 13.2 Å². The third-order valence-corrected chi connectivity index (χ3v) is 6.00. The number of rotatable bonds is 9. The first-order valence-corrected chi connectivity index (χ1v) is 8.08. The topological polar surface area (TPSA) is 81.9 Å². The van der Waals surface area contributed by atoms with Crippen molar-refractivity contribution in [2.45, 2.75) is 10.8 Å². The highest BCUT2D eigenvalue weighted by molar-refractivity contribution is 7.91. The second-order valence-corrected chi connectivity index (χ2v) is 7.15. The van der Waals surface area contributed by atoms with Crippen molar-refractivity contribution in [2.24, 2.45) is 5.73 Å². The van der Waals surface area contributed by atoms with Crippen LogP contribution in [0.3, 0.4) is 0 Å². The van der Waals surface area contributed by atoms with Crippen molar-refractivity contribution in [3.05, 3.63) is 17.0 Å². The lowest BCUT2D eigenvalue weighted by Crippen LogP contribution is -2.36. The van der Waals surface area contributed by atoms with Crippen molar-refractivity contribution in [3.8, 4) is 0 Å². The van der Waals surface area contributed by atoms with Gasteiger partial charge in [0.2, 0.25) is 0 Å². The van der Waals surface area contributed by atoms with E-state index in [2.05, 4.69) is 0 Å². The lowest BCUT2D eigenvalue weighted by Gasteiger charge is -2.20. The first-order chi connectivity index (χ1) is 9.06. The van der Waals surface area contributed by atoms with E-state index in [0.29, 0.717) is 37.1 Å². The number of nitrogens with zero attached hydrogens (tertiary/aromatic N) is 1. The van der Waals surface area contributed by atoms with Crippen molar-refractivity contribution in [2.75, 3.05) is 40.5 Å². The maximum absolute atomic E-state index is 12.5. The van der Waals surface area contributed by atoms with E-state index in [1.165, 1.54) is 15.6 Å². The molecule has 0 aliphatic carbocycles. The molecule has 19 heavy (non-hydrogen) atoms. The van der Waals surface area contributed by atoms with Gasteiger partial charge in [0, 0.05) is 38.7 Å². The largest absolute Gasteiger partial charge is 0.383 e. The molecule has 1 aromatic heterocycles. The van der Waals surface area contributed by atoms with Crippen molar-refractivity contribution in [1.29, 1.82) is 0 Å². The van der Waals surface area contributed by atoms with Gasteiger partial charge in [-0.3, -0.25) is 0 Å². The molecule has 0 unspecified atom stereocenters. The molecule has 0 saturated carbocycles. The predicted octanol–water partition coefficient (Wildman–Crippen LogP) is 0.490. The third-order valence-electron chi connectivity index (χ3n) is 2.52. The summed E-state index contributed by atoms with van der Waals surface area (Å²) in [5.41, 5.74) is 5.50. The van der Waals surface area contributed by atoms with Gasteiger partial charge >= 0.3 is 0 Å². The van der Waals surface area contributed by atoms with E-state index in [-0.39, 0.29) is 0 Å². The van der Waals surface area contributed by atoms with Gasteiger partial charge in [-0.1, -0.05) is 0 Å². The highest BCUT2D eigenvalue weighted by atomic mass is 32.2. The SMILES string of the molecule is COCCN(CCOC)S(=O)(=O)c1ccc(CN)s1. The fraction of sp³-hybridized carbons (Fsp3) is 0.636. The standard InChI is InChI=1S/C11H20N2O4S2/c1-16-7-5-13(6-8-17-2)19(14,15)11-4-3-10(9-12)18-11/h3-4H,5-9,12H2,1-2H3. The molecule has 110 valence electrons. The molecule has 0 aromatic carbocycles. The Labute approximate surface area is 118 Å². The van der Waals surface area contributed by atoms with Crippen molar-refractivity contribution < 1.29 is 17.9 Å². The molecular weight excluding hydrogens is 288 g/mol. The predicted molar refractivity (Wildman–Crippen MR) is 74.7 cm³/mol. The zero-order chi connectivity index (χ0) is 14.3. The first-order valence-electron chi connectivity index (χ1n) is 5.83. The van der Waals surface area contributed by atoms with Crippen LogP contribution in [0.2, 0.25) is 0 Å². The summed E-state index contributed by atoms with van der Waals surface area (Å²) in [5, 5.41) is 0. The zero-order valence-electron chi connectivity index (χ0n) is 11.2. The van der Waals surface area contributed by atoms with Crippen LogP contribution in [0.1, 0.15) is 4.88 Å². The summed E-state index contributed by atoms with van der Waals surface area (Å²) in [5.74, 6) is 0. The van der Waals surface area contributed by atoms with Gasteiger partial charge in [0.25, 0.3) is 10.0 Å². The van der Waals surface area contributed by atoms with E-state index < -0.39 is 10.0 Å². The Morgan fingerprint density at radius 2 is 1.79 bits per heavy atom. The molecule has 0 bridgehead atoms. The summed E-state index contributed by atoms with van der Waals surface area (Å²) in [4.78, 5) is 0.844. The second-order valence-electron chi connectivity index (χ2n) is 3.81. The highest BCUT2D eigenvalue weighted by Crippen LogP contribution is 2.24. The van der Waals surface area contributed by atoms with Crippen LogP contribution in [-0.2, 0) is 26.0 Å². The maximum atomic E-state index is 12.5. The number of methoxy groups -OCH3 is 2. The van der Waals surface area contributed by atoms with Crippen LogP contribution in [0.15, 0.2) is 16.3 Å². The summed E-state index contributed by atoms with van der Waals surface area (Å²) in [6, 6.07) is 3.33. The minimum absolute atomic E-state index is 0.304. The maximum Gasteiger partial charge on any atom is 0.252 e. The Hall–Kier alpha value is -0.510. The Morgan fingerprint density at radius 3 is 2.21 bits per heavy atom. The number of hydrogen-bond acceptors (Lipinski definition) is 6. The van der Waals surface area contributed by atoms with Crippen LogP contribution in [-0.4, -0.2) is 53.2 Å². The molecule has 0 spiro atoms. The van der Waals surface area contributed by atoms with Gasteiger partial charge < -0.3 is 15.2 Å². The summed E-state index contributed by atoms with van der Waals surface area (Å²) >= 11 is 1.20. The summed E-state index contributed by atoms with van der Waals surface area (Å²) < 4.78 is 36.5. The average Bonchev–Trinajstić information content (AvgIpc) is 2.88. The number of ether oxygens (including phenoxy) is 2. The van der Waals surface area contributed by atoms with Gasteiger partial charge in [-0.15, -0.1) is 11.3 Å². The first kappa shape index (κ1) is 16.5. The molecular formula is C11H20N2O4S2. The van der Waals surface area contributed by atoms with E-state index >= 15 is 0 Å². The van der Waals surface area contributed by atoms with Gasteiger partial charge in [0.1, 0.15) is 4.21 Å². The quantitative estimate of drug-likeness (QED) is 0.718. The lowest BCUT2D eigenvalue weighted by molar-refractivity contribution is 0.150.